The number of benzene rings is 4. The summed E-state index contributed by atoms with van der Waals surface area (Å²) in [6, 6.07) is 26.3. The van der Waals surface area contributed by atoms with Gasteiger partial charge in [0, 0.05) is 29.9 Å². The zero-order chi connectivity index (χ0) is 30.3. The number of hydrogen-bond donors (Lipinski definition) is 0. The summed E-state index contributed by atoms with van der Waals surface area (Å²) in [6.07, 6.45) is 4.39. The highest BCUT2D eigenvalue weighted by molar-refractivity contribution is 14.2. The summed E-state index contributed by atoms with van der Waals surface area (Å²) < 4.78 is 41.2. The van der Waals surface area contributed by atoms with Crippen molar-refractivity contribution >= 4 is 39.3 Å². The van der Waals surface area contributed by atoms with Gasteiger partial charge in [0.2, 0.25) is 0 Å². The van der Waals surface area contributed by atoms with Gasteiger partial charge >= 0.3 is 0 Å². The summed E-state index contributed by atoms with van der Waals surface area (Å²) in [7, 11) is 0. The van der Waals surface area contributed by atoms with E-state index in [1.165, 1.54) is 6.07 Å². The Morgan fingerprint density at radius 1 is 0.884 bits per heavy atom. The van der Waals surface area contributed by atoms with Crippen LogP contribution in [0.25, 0.3) is 33.5 Å². The fourth-order valence-electron chi connectivity index (χ4n) is 5.02. The fraction of sp³-hybridized carbons (Fsp3) is 0.176. The Morgan fingerprint density at radius 2 is 1.58 bits per heavy atom. The molecule has 0 saturated carbocycles. The van der Waals surface area contributed by atoms with Gasteiger partial charge < -0.3 is 9.30 Å². The second kappa shape index (κ2) is 14.2. The molecule has 0 aliphatic heterocycles. The third-order valence-electron chi connectivity index (χ3n) is 7.05. The van der Waals surface area contributed by atoms with E-state index in [1.807, 2.05) is 86.1 Å². The highest BCUT2D eigenvalue weighted by Gasteiger charge is 2.23. The molecule has 2 heterocycles. The standard InChI is InChI=1S/C32H26F2IN4OP.C2H6/c1-2-23-17-28(40-20-22-11-7-4-8-12-22)27(33)18-26(23)24-13-14-25-30(37-39(41-35)31(25)29(24)34)32-36-15-16-38(32)19-21-9-5-3-6-10-21;1-2/h3-18,41H,2,19-20H2,1H3;1-2H3. The van der Waals surface area contributed by atoms with Crippen LogP contribution in [0.15, 0.2) is 97.3 Å². The van der Waals surface area contributed by atoms with Crippen LogP contribution in [0.5, 0.6) is 5.75 Å². The Morgan fingerprint density at radius 3 is 2.26 bits per heavy atom. The van der Waals surface area contributed by atoms with Gasteiger partial charge in [-0.2, -0.15) is 5.10 Å². The van der Waals surface area contributed by atoms with Crippen molar-refractivity contribution in [3.05, 3.63) is 126 Å². The number of aryl methyl sites for hydroxylation is 1. The number of imidazole rings is 1. The molecule has 9 heteroatoms. The van der Waals surface area contributed by atoms with Crippen molar-refractivity contribution < 1.29 is 13.5 Å². The molecule has 1 atom stereocenters. The molecular weight excluding hydrogens is 676 g/mol. The first-order valence-electron chi connectivity index (χ1n) is 14.2. The zero-order valence-corrected chi connectivity index (χ0v) is 27.3. The third kappa shape index (κ3) is 6.50. The molecule has 4 aromatic carbocycles. The summed E-state index contributed by atoms with van der Waals surface area (Å²) in [5.41, 5.74) is 4.71. The van der Waals surface area contributed by atoms with E-state index in [0.717, 1.165) is 16.7 Å². The number of fused-ring (bicyclic) bond motifs is 1. The van der Waals surface area contributed by atoms with Crippen molar-refractivity contribution in [1.82, 2.24) is 19.1 Å². The van der Waals surface area contributed by atoms with E-state index in [2.05, 4.69) is 39.2 Å². The lowest BCUT2D eigenvalue weighted by molar-refractivity contribution is 0.290. The number of nitrogens with zero attached hydrogens (tertiary/aromatic N) is 4. The summed E-state index contributed by atoms with van der Waals surface area (Å²) in [5.74, 6) is -0.138. The molecule has 0 aliphatic carbocycles. The maximum absolute atomic E-state index is 16.4. The van der Waals surface area contributed by atoms with Crippen LogP contribution in [-0.2, 0) is 19.6 Å². The van der Waals surface area contributed by atoms with E-state index in [0.29, 0.717) is 46.5 Å². The highest BCUT2D eigenvalue weighted by atomic mass is 127. The van der Waals surface area contributed by atoms with Gasteiger partial charge in [0.25, 0.3) is 0 Å². The van der Waals surface area contributed by atoms with Gasteiger partial charge in [0.05, 0.1) is 6.37 Å². The number of rotatable bonds is 9. The molecule has 5 nitrogen and oxygen atoms in total. The van der Waals surface area contributed by atoms with Crippen molar-refractivity contribution in [3.8, 4) is 28.4 Å². The molecule has 6 aromatic rings. The van der Waals surface area contributed by atoms with Gasteiger partial charge in [-0.1, -0.05) is 87.5 Å². The van der Waals surface area contributed by atoms with E-state index in [1.54, 1.807) is 22.8 Å². The molecule has 0 aliphatic rings. The van der Waals surface area contributed by atoms with Gasteiger partial charge in [0.1, 0.15) is 17.8 Å². The van der Waals surface area contributed by atoms with Crippen molar-refractivity contribution in [3.63, 3.8) is 0 Å². The van der Waals surface area contributed by atoms with Gasteiger partial charge in [-0.05, 0) is 68.9 Å². The molecule has 0 bridgehead atoms. The Hall–Kier alpha value is -3.62. The molecule has 43 heavy (non-hydrogen) atoms. The van der Waals surface area contributed by atoms with Gasteiger partial charge in [0.15, 0.2) is 23.2 Å². The van der Waals surface area contributed by atoms with Crippen molar-refractivity contribution in [2.24, 2.45) is 0 Å². The first kappa shape index (κ1) is 30.8. The molecule has 1 unspecified atom stereocenters. The first-order chi connectivity index (χ1) is 21.1. The highest BCUT2D eigenvalue weighted by Crippen LogP contribution is 2.40. The van der Waals surface area contributed by atoms with Crippen LogP contribution >= 0.6 is 28.4 Å². The topological polar surface area (TPSA) is 44.9 Å². The van der Waals surface area contributed by atoms with Crippen LogP contribution in [0, 0.1) is 11.6 Å². The molecule has 0 saturated heterocycles. The minimum atomic E-state index is -0.527. The minimum Gasteiger partial charge on any atom is -0.486 e. The second-order valence-electron chi connectivity index (χ2n) is 9.60. The third-order valence-corrected chi connectivity index (χ3v) is 8.91. The van der Waals surface area contributed by atoms with Crippen molar-refractivity contribution in [2.75, 3.05) is 0 Å². The molecule has 0 amide bonds. The Kier molecular flexibility index (Phi) is 10.2. The van der Waals surface area contributed by atoms with Crippen LogP contribution in [0.3, 0.4) is 0 Å². The van der Waals surface area contributed by atoms with E-state index >= 15 is 8.78 Å². The number of ether oxygens (including phenoxy) is 1. The van der Waals surface area contributed by atoms with Crippen LogP contribution in [0.4, 0.5) is 8.78 Å². The van der Waals surface area contributed by atoms with Crippen LogP contribution in [0.2, 0.25) is 0 Å². The summed E-state index contributed by atoms with van der Waals surface area (Å²) in [5, 5.41) is 5.44. The molecule has 0 spiro atoms. The molecule has 0 N–H and O–H groups in total. The lowest BCUT2D eigenvalue weighted by Crippen LogP contribution is -2.01. The number of hydrogen-bond acceptors (Lipinski definition) is 3. The summed E-state index contributed by atoms with van der Waals surface area (Å²) in [4.78, 5) is 4.58. The van der Waals surface area contributed by atoms with E-state index in [-0.39, 0.29) is 18.7 Å². The quantitative estimate of drug-likeness (QED) is 0.111. The first-order valence-corrected chi connectivity index (χ1v) is 18.3. The molecule has 0 radical (unpaired) electrons. The zero-order valence-electron chi connectivity index (χ0n) is 24.2. The average molecular weight is 709 g/mol. The Bertz CT molecular complexity index is 1820. The normalized spacial score (nSPS) is 11.2. The fourth-order valence-corrected chi connectivity index (χ4v) is 6.51. The number of halogens is 3. The summed E-state index contributed by atoms with van der Waals surface area (Å²) in [6.45, 7) is 6.84. The largest absolute Gasteiger partial charge is 0.486 e. The monoisotopic (exact) mass is 708 g/mol. The second-order valence-corrected chi connectivity index (χ2v) is 11.6. The van der Waals surface area contributed by atoms with Crippen LogP contribution in [-0.4, -0.2) is 19.1 Å². The van der Waals surface area contributed by atoms with Crippen LogP contribution in [0.1, 0.15) is 37.5 Å². The van der Waals surface area contributed by atoms with Gasteiger partial charge in [-0.3, -0.25) is 0 Å². The van der Waals surface area contributed by atoms with Crippen LogP contribution < -0.4 is 4.74 Å². The predicted octanol–water partition coefficient (Wildman–Crippen LogP) is 9.85. The lowest BCUT2D eigenvalue weighted by atomic mass is 9.96. The van der Waals surface area contributed by atoms with E-state index in [4.69, 9.17) is 9.84 Å². The molecule has 220 valence electrons. The van der Waals surface area contributed by atoms with Crippen molar-refractivity contribution in [1.29, 1.82) is 0 Å². The Balaban J connectivity index is 0.00000180. The van der Waals surface area contributed by atoms with Crippen molar-refractivity contribution in [2.45, 2.75) is 40.3 Å². The van der Waals surface area contributed by atoms with Gasteiger partial charge in [-0.15, -0.1) is 0 Å². The summed E-state index contributed by atoms with van der Waals surface area (Å²) >= 11 is 2.20. The molecule has 6 rings (SSSR count). The molecule has 2 aromatic heterocycles. The average Bonchev–Trinajstić information content (AvgIpc) is 3.67. The number of aromatic nitrogens is 4. The Labute approximate surface area is 265 Å². The van der Waals surface area contributed by atoms with Gasteiger partial charge in [-0.25, -0.2) is 18.2 Å². The van der Waals surface area contributed by atoms with E-state index < -0.39 is 11.6 Å². The predicted molar refractivity (Wildman–Crippen MR) is 181 cm³/mol. The molecular formula is C34H32F2IN4OP. The molecule has 0 fully saturated rings. The maximum Gasteiger partial charge on any atom is 0.165 e. The van der Waals surface area contributed by atoms with E-state index in [9.17, 15) is 0 Å². The minimum absolute atomic E-state index is 0.155. The smallest absolute Gasteiger partial charge is 0.165 e. The SMILES string of the molecule is CC.CCc1cc(OCc2ccccc2)c(F)cc1-c1ccc2c(-c3nccn3Cc3ccccc3)nn(PI)c2c1F. The maximum atomic E-state index is 16.4. The lowest BCUT2D eigenvalue weighted by Gasteiger charge is -2.14.